The first-order valence-electron chi connectivity index (χ1n) is 13.1. The highest BCUT2D eigenvalue weighted by atomic mass is 35.5. The van der Waals surface area contributed by atoms with Crippen LogP contribution in [-0.2, 0) is 0 Å². The summed E-state index contributed by atoms with van der Waals surface area (Å²) in [7, 11) is 1.69. The number of aromatic nitrogens is 2. The van der Waals surface area contributed by atoms with Crippen molar-refractivity contribution in [3.63, 3.8) is 0 Å². The summed E-state index contributed by atoms with van der Waals surface area (Å²) in [5.41, 5.74) is 1.23. The zero-order valence-corrected chi connectivity index (χ0v) is 23.1. The molecule has 0 spiro atoms. The van der Waals surface area contributed by atoms with Gasteiger partial charge in [-0.15, -0.1) is 0 Å². The van der Waals surface area contributed by atoms with Crippen LogP contribution < -0.4 is 25.6 Å². The molecule has 1 aromatic heterocycles. The molecule has 0 radical (unpaired) electrons. The Hall–Kier alpha value is -3.94. The number of amidine groups is 1. The molecular formula is C26H35ClN10O3. The van der Waals surface area contributed by atoms with Gasteiger partial charge in [0.1, 0.15) is 11.4 Å². The summed E-state index contributed by atoms with van der Waals surface area (Å²) in [4.78, 5) is 30.5. The van der Waals surface area contributed by atoms with Crippen LogP contribution in [0.5, 0.6) is 5.75 Å². The number of allylic oxidation sites excluding steroid dienone is 1. The van der Waals surface area contributed by atoms with Gasteiger partial charge in [-0.25, -0.2) is 14.8 Å². The van der Waals surface area contributed by atoms with E-state index >= 15 is 0 Å². The van der Waals surface area contributed by atoms with Gasteiger partial charge in [-0.05, 0) is 43.3 Å². The summed E-state index contributed by atoms with van der Waals surface area (Å²) < 4.78 is 5.52. The molecule has 1 fully saturated rings. The third-order valence-corrected chi connectivity index (χ3v) is 6.77. The molecule has 0 bridgehead atoms. The SMILES string of the molecule is COc1ccc(Cl)cc1N1CCN(CCCNC2N=CC=CN2CCNc2nccc(C(=N)NC(=O)O)n2)CC1. The van der Waals surface area contributed by atoms with Gasteiger partial charge in [0, 0.05) is 69.4 Å². The number of carboxylic acid groups (broad SMARTS) is 1. The molecule has 0 aliphatic carbocycles. The maximum atomic E-state index is 10.8. The Labute approximate surface area is 238 Å². The minimum absolute atomic E-state index is 0.167. The summed E-state index contributed by atoms with van der Waals surface area (Å²) in [5, 5.41) is 25.9. The van der Waals surface area contributed by atoms with Gasteiger partial charge in [0.05, 0.1) is 12.8 Å². The van der Waals surface area contributed by atoms with E-state index in [2.05, 4.69) is 40.3 Å². The van der Waals surface area contributed by atoms with Gasteiger partial charge in [-0.3, -0.25) is 25.9 Å². The van der Waals surface area contributed by atoms with Crippen molar-refractivity contribution in [3.05, 3.63) is 53.5 Å². The molecule has 4 rings (SSSR count). The minimum Gasteiger partial charge on any atom is -0.495 e. The topological polar surface area (TPSA) is 154 Å². The summed E-state index contributed by atoms with van der Waals surface area (Å²) >= 11 is 6.21. The Morgan fingerprint density at radius 2 is 2.02 bits per heavy atom. The van der Waals surface area contributed by atoms with E-state index in [1.807, 2.05) is 35.8 Å². The smallest absolute Gasteiger partial charge is 0.410 e. The van der Waals surface area contributed by atoms with Crippen molar-refractivity contribution in [2.24, 2.45) is 4.99 Å². The molecule has 13 nitrogen and oxygen atoms in total. The maximum Gasteiger partial charge on any atom is 0.410 e. The Morgan fingerprint density at radius 1 is 1.20 bits per heavy atom. The number of piperazine rings is 1. The van der Waals surface area contributed by atoms with Crippen molar-refractivity contribution in [2.75, 3.05) is 69.7 Å². The second-order valence-electron chi connectivity index (χ2n) is 9.20. The Kier molecular flexibility index (Phi) is 10.5. The van der Waals surface area contributed by atoms with Crippen molar-refractivity contribution in [3.8, 4) is 5.75 Å². The zero-order valence-electron chi connectivity index (χ0n) is 22.4. The van der Waals surface area contributed by atoms with Gasteiger partial charge in [-0.1, -0.05) is 11.6 Å². The number of benzene rings is 1. The van der Waals surface area contributed by atoms with E-state index in [1.165, 1.54) is 12.3 Å². The van der Waals surface area contributed by atoms with Crippen molar-refractivity contribution < 1.29 is 14.6 Å². The van der Waals surface area contributed by atoms with E-state index in [0.29, 0.717) is 24.1 Å². The number of carbonyl (C=O) groups is 1. The number of methoxy groups -OCH3 is 1. The number of nitrogens with zero attached hydrogens (tertiary/aromatic N) is 6. The van der Waals surface area contributed by atoms with Crippen LogP contribution in [0.1, 0.15) is 12.1 Å². The lowest BCUT2D eigenvalue weighted by molar-refractivity contribution is 0.200. The van der Waals surface area contributed by atoms with E-state index in [4.69, 9.17) is 26.9 Å². The molecule has 14 heteroatoms. The highest BCUT2D eigenvalue weighted by Gasteiger charge is 2.20. The van der Waals surface area contributed by atoms with Gasteiger partial charge in [0.2, 0.25) is 5.95 Å². The number of ether oxygens (including phenoxy) is 1. The maximum absolute atomic E-state index is 10.8. The van der Waals surface area contributed by atoms with Gasteiger partial charge < -0.3 is 25.0 Å². The van der Waals surface area contributed by atoms with Crippen molar-refractivity contribution in [1.82, 2.24) is 30.4 Å². The molecule has 3 heterocycles. The molecule has 2 aliphatic heterocycles. The number of aliphatic imine (C=N–C) groups is 1. The van der Waals surface area contributed by atoms with Gasteiger partial charge in [0.25, 0.3) is 0 Å². The van der Waals surface area contributed by atoms with Crippen molar-refractivity contribution >= 4 is 41.4 Å². The molecule has 1 saturated heterocycles. The number of halogens is 1. The highest BCUT2D eigenvalue weighted by Crippen LogP contribution is 2.31. The molecular weight excluding hydrogens is 536 g/mol. The highest BCUT2D eigenvalue weighted by molar-refractivity contribution is 6.31. The van der Waals surface area contributed by atoms with Gasteiger partial charge in [0.15, 0.2) is 12.1 Å². The predicted octanol–water partition coefficient (Wildman–Crippen LogP) is 2.13. The van der Waals surface area contributed by atoms with Crippen LogP contribution in [0.25, 0.3) is 0 Å². The summed E-state index contributed by atoms with van der Waals surface area (Å²) in [5.74, 6) is 0.856. The van der Waals surface area contributed by atoms with Gasteiger partial charge in [-0.2, -0.15) is 0 Å². The monoisotopic (exact) mass is 570 g/mol. The van der Waals surface area contributed by atoms with Crippen LogP contribution in [0.4, 0.5) is 16.4 Å². The lowest BCUT2D eigenvalue weighted by atomic mass is 10.2. The van der Waals surface area contributed by atoms with Crippen LogP contribution in [0.15, 0.2) is 47.7 Å². The standard InChI is InChI=1S/C26H35ClN10O3/c1-40-22-5-4-19(27)18-21(22)36-16-14-35(15-17-36)11-2-7-31-25-32-8-3-12-37(25)13-10-30-24-29-9-6-20(33-24)23(28)34-26(38)39/h3-6,8-9,12,18,25,31H,2,7,10-11,13-17H2,1H3,(H2,28,34)(H,38,39)(H,29,30,33). The zero-order chi connectivity index (χ0) is 28.3. The van der Waals surface area contributed by atoms with E-state index in [9.17, 15) is 4.79 Å². The fourth-order valence-corrected chi connectivity index (χ4v) is 4.69. The minimum atomic E-state index is -1.31. The average molecular weight is 571 g/mol. The molecule has 1 atom stereocenters. The summed E-state index contributed by atoms with van der Waals surface area (Å²) in [6.45, 7) is 6.80. The molecule has 214 valence electrons. The van der Waals surface area contributed by atoms with Crippen LogP contribution in [-0.4, -0.2) is 109 Å². The van der Waals surface area contributed by atoms with E-state index in [-0.39, 0.29) is 17.8 Å². The predicted molar refractivity (Wildman–Crippen MR) is 156 cm³/mol. The lowest BCUT2D eigenvalue weighted by Gasteiger charge is -2.37. The van der Waals surface area contributed by atoms with Crippen LogP contribution in [0.3, 0.4) is 0 Å². The number of hydrogen-bond donors (Lipinski definition) is 5. The molecule has 5 N–H and O–H groups in total. The number of hydrogen-bond acceptors (Lipinski definition) is 11. The number of amides is 1. The second kappa shape index (κ2) is 14.4. The van der Waals surface area contributed by atoms with Crippen LogP contribution >= 0.6 is 11.6 Å². The fraction of sp³-hybridized carbons (Fsp3) is 0.423. The Morgan fingerprint density at radius 3 is 2.80 bits per heavy atom. The quantitative estimate of drug-likeness (QED) is 0.146. The molecule has 40 heavy (non-hydrogen) atoms. The first-order chi connectivity index (χ1) is 19.4. The molecule has 1 amide bonds. The van der Waals surface area contributed by atoms with Crippen molar-refractivity contribution in [2.45, 2.75) is 12.7 Å². The Bertz CT molecular complexity index is 1220. The number of rotatable bonds is 12. The first kappa shape index (κ1) is 29.1. The molecule has 0 saturated carbocycles. The molecule has 1 aromatic carbocycles. The second-order valence-corrected chi connectivity index (χ2v) is 9.64. The number of nitrogens with one attached hydrogen (secondary N) is 4. The van der Waals surface area contributed by atoms with E-state index < -0.39 is 6.09 Å². The summed E-state index contributed by atoms with van der Waals surface area (Å²) in [6.07, 6.45) is 6.66. The summed E-state index contributed by atoms with van der Waals surface area (Å²) in [6, 6.07) is 7.21. The average Bonchev–Trinajstić information content (AvgIpc) is 2.96. The number of anilines is 2. The fourth-order valence-electron chi connectivity index (χ4n) is 4.52. The largest absolute Gasteiger partial charge is 0.495 e. The Balaban J connectivity index is 1.16. The van der Waals surface area contributed by atoms with Crippen LogP contribution in [0, 0.1) is 5.41 Å². The molecule has 1 unspecified atom stereocenters. The van der Waals surface area contributed by atoms with Crippen molar-refractivity contribution in [1.29, 1.82) is 5.41 Å². The van der Waals surface area contributed by atoms with E-state index in [1.54, 1.807) is 13.3 Å². The molecule has 2 aromatic rings. The third kappa shape index (κ3) is 8.28. The van der Waals surface area contributed by atoms with E-state index in [0.717, 1.165) is 57.1 Å². The third-order valence-electron chi connectivity index (χ3n) is 6.53. The lowest BCUT2D eigenvalue weighted by Crippen LogP contribution is -2.48. The normalized spacial score (nSPS) is 17.1. The molecule has 2 aliphatic rings. The van der Waals surface area contributed by atoms with Crippen LogP contribution in [0.2, 0.25) is 5.02 Å². The van der Waals surface area contributed by atoms with Gasteiger partial charge >= 0.3 is 6.09 Å². The first-order valence-corrected chi connectivity index (χ1v) is 13.5.